The minimum Gasteiger partial charge on any atom is -1.00 e. The van der Waals surface area contributed by atoms with Gasteiger partial charge < -0.3 is 27.2 Å². The lowest BCUT2D eigenvalue weighted by molar-refractivity contribution is -0.00000767. The minimum absolute atomic E-state index is 0. The highest BCUT2D eigenvalue weighted by molar-refractivity contribution is 5.46. The van der Waals surface area contributed by atoms with Crippen LogP contribution in [0, 0.1) is 0 Å². The number of anilines is 1. The van der Waals surface area contributed by atoms with Gasteiger partial charge in [-0.05, 0) is 35.7 Å². The van der Waals surface area contributed by atoms with Crippen LogP contribution in [-0.4, -0.2) is 55.4 Å². The molecule has 148 valence electrons. The Labute approximate surface area is 169 Å². The van der Waals surface area contributed by atoms with E-state index in [1.807, 2.05) is 18.2 Å². The van der Waals surface area contributed by atoms with Gasteiger partial charge in [0, 0.05) is 38.4 Å². The normalized spacial score (nSPS) is 16.1. The zero-order valence-electron chi connectivity index (χ0n) is 16.2. The average molecular weight is 390 g/mol. The number of hydrogen-bond acceptors (Lipinski definition) is 4. The van der Waals surface area contributed by atoms with Crippen LogP contribution >= 0.6 is 0 Å². The number of piperazine rings is 1. The Kier molecular flexibility index (Phi) is 8.42. The van der Waals surface area contributed by atoms with Gasteiger partial charge in [-0.1, -0.05) is 44.2 Å². The first-order valence-electron chi connectivity index (χ1n) is 9.55. The van der Waals surface area contributed by atoms with Crippen molar-refractivity contribution < 1.29 is 22.3 Å². The van der Waals surface area contributed by atoms with Crippen LogP contribution in [0.4, 0.5) is 5.69 Å². The van der Waals surface area contributed by atoms with Crippen molar-refractivity contribution in [1.82, 2.24) is 4.90 Å². The van der Waals surface area contributed by atoms with Crippen molar-refractivity contribution in [2.75, 3.05) is 44.2 Å². The van der Waals surface area contributed by atoms with Gasteiger partial charge in [0.15, 0.2) is 0 Å². The first-order valence-corrected chi connectivity index (χ1v) is 9.55. The maximum Gasteiger partial charge on any atom is 0.119 e. The molecule has 1 N–H and O–H groups in total. The summed E-state index contributed by atoms with van der Waals surface area (Å²) < 4.78 is 5.75. The highest BCUT2D eigenvalue weighted by atomic mass is 35.5. The number of para-hydroxylation sites is 1. The Morgan fingerprint density at radius 3 is 2.15 bits per heavy atom. The summed E-state index contributed by atoms with van der Waals surface area (Å²) in [4.78, 5) is 4.71. The van der Waals surface area contributed by atoms with Crippen molar-refractivity contribution in [2.45, 2.75) is 25.9 Å². The molecule has 1 atom stereocenters. The standard InChI is InChI=1S/C22H30N2O2.ClH/c1-18(2)19-8-10-22(11-9-19)26-17-21(25)16-23-12-14-24(15-13-23)20-6-4-3-5-7-20;/h3-11,18,21,25H,12-17H2,1-2H3;1H/p-1. The maximum absolute atomic E-state index is 10.3. The van der Waals surface area contributed by atoms with Gasteiger partial charge in [-0.25, -0.2) is 0 Å². The van der Waals surface area contributed by atoms with Crippen LogP contribution in [0.25, 0.3) is 0 Å². The smallest absolute Gasteiger partial charge is 0.119 e. The van der Waals surface area contributed by atoms with E-state index in [1.54, 1.807) is 0 Å². The lowest BCUT2D eigenvalue weighted by atomic mass is 10.0. The fraction of sp³-hybridized carbons (Fsp3) is 0.455. The van der Waals surface area contributed by atoms with E-state index in [-0.39, 0.29) is 12.4 Å². The second-order valence-electron chi connectivity index (χ2n) is 7.31. The zero-order valence-corrected chi connectivity index (χ0v) is 17.0. The Morgan fingerprint density at radius 1 is 0.926 bits per heavy atom. The summed E-state index contributed by atoms with van der Waals surface area (Å²) in [7, 11) is 0. The minimum atomic E-state index is -0.469. The largest absolute Gasteiger partial charge is 1.00 e. The molecule has 0 amide bonds. The average Bonchev–Trinajstić information content (AvgIpc) is 2.68. The third-order valence-corrected chi connectivity index (χ3v) is 4.95. The molecule has 2 aromatic carbocycles. The molecule has 0 radical (unpaired) electrons. The van der Waals surface area contributed by atoms with Gasteiger partial charge in [0.1, 0.15) is 18.5 Å². The van der Waals surface area contributed by atoms with Crippen LogP contribution in [-0.2, 0) is 0 Å². The molecule has 2 aromatic rings. The number of rotatable bonds is 7. The van der Waals surface area contributed by atoms with E-state index in [2.05, 4.69) is 60.0 Å². The first-order chi connectivity index (χ1) is 12.6. The van der Waals surface area contributed by atoms with Crippen LogP contribution in [0.3, 0.4) is 0 Å². The quantitative estimate of drug-likeness (QED) is 0.742. The van der Waals surface area contributed by atoms with Gasteiger partial charge in [-0.2, -0.15) is 0 Å². The number of hydrogen-bond donors (Lipinski definition) is 1. The molecule has 1 aliphatic rings. The predicted molar refractivity (Wildman–Crippen MR) is 107 cm³/mol. The molecule has 1 saturated heterocycles. The second kappa shape index (κ2) is 10.5. The van der Waals surface area contributed by atoms with E-state index in [0.717, 1.165) is 31.9 Å². The lowest BCUT2D eigenvalue weighted by Gasteiger charge is -2.36. The van der Waals surface area contributed by atoms with E-state index in [9.17, 15) is 5.11 Å². The molecule has 27 heavy (non-hydrogen) atoms. The third-order valence-electron chi connectivity index (χ3n) is 4.95. The van der Waals surface area contributed by atoms with Crippen molar-refractivity contribution in [3.05, 3.63) is 60.2 Å². The van der Waals surface area contributed by atoms with Crippen molar-refractivity contribution >= 4 is 5.69 Å². The molecule has 5 heteroatoms. The van der Waals surface area contributed by atoms with Crippen molar-refractivity contribution in [2.24, 2.45) is 0 Å². The zero-order chi connectivity index (χ0) is 18.4. The Morgan fingerprint density at radius 2 is 1.56 bits per heavy atom. The lowest BCUT2D eigenvalue weighted by Crippen LogP contribution is -3.00. The summed E-state index contributed by atoms with van der Waals surface area (Å²) in [5.74, 6) is 1.34. The van der Waals surface area contributed by atoms with E-state index in [1.165, 1.54) is 11.3 Å². The fourth-order valence-electron chi connectivity index (χ4n) is 3.32. The summed E-state index contributed by atoms with van der Waals surface area (Å²) in [6.07, 6.45) is -0.469. The fourth-order valence-corrected chi connectivity index (χ4v) is 3.32. The van der Waals surface area contributed by atoms with Gasteiger partial charge in [-0.15, -0.1) is 0 Å². The molecule has 1 fully saturated rings. The highest BCUT2D eigenvalue weighted by Gasteiger charge is 2.19. The van der Waals surface area contributed by atoms with E-state index in [0.29, 0.717) is 19.1 Å². The van der Waals surface area contributed by atoms with E-state index < -0.39 is 6.10 Å². The van der Waals surface area contributed by atoms with Crippen molar-refractivity contribution in [3.63, 3.8) is 0 Å². The number of β-amino-alcohol motifs (C(OH)–C–C–N with tert-alkyl or cyclic N) is 1. The molecule has 0 saturated carbocycles. The van der Waals surface area contributed by atoms with Crippen LogP contribution in [0.5, 0.6) is 5.75 Å². The van der Waals surface area contributed by atoms with Gasteiger partial charge in [0.05, 0.1) is 0 Å². The monoisotopic (exact) mass is 389 g/mol. The Bertz CT molecular complexity index is 656. The molecular formula is C22H30ClN2O2-. The number of halogens is 1. The van der Waals surface area contributed by atoms with Crippen LogP contribution < -0.4 is 22.0 Å². The summed E-state index contributed by atoms with van der Waals surface area (Å²) in [6.45, 7) is 9.27. The number of ether oxygens (including phenoxy) is 1. The molecule has 1 unspecified atom stereocenters. The maximum atomic E-state index is 10.3. The van der Waals surface area contributed by atoms with E-state index >= 15 is 0 Å². The summed E-state index contributed by atoms with van der Waals surface area (Å²) >= 11 is 0. The molecule has 4 nitrogen and oxygen atoms in total. The van der Waals surface area contributed by atoms with Gasteiger partial charge in [0.2, 0.25) is 0 Å². The molecule has 0 aromatic heterocycles. The molecule has 0 aliphatic carbocycles. The SMILES string of the molecule is CC(C)c1ccc(OCC(O)CN2CCN(c3ccccc3)CC2)cc1.[Cl-]. The van der Waals surface area contributed by atoms with Crippen LogP contribution in [0.2, 0.25) is 0 Å². The van der Waals surface area contributed by atoms with E-state index in [4.69, 9.17) is 4.74 Å². The second-order valence-corrected chi connectivity index (χ2v) is 7.31. The molecule has 0 spiro atoms. The molecular weight excluding hydrogens is 360 g/mol. The summed E-state index contributed by atoms with van der Waals surface area (Å²) in [5.41, 5.74) is 2.58. The number of nitrogens with zero attached hydrogens (tertiary/aromatic N) is 2. The van der Waals surface area contributed by atoms with Gasteiger partial charge in [-0.3, -0.25) is 4.90 Å². The topological polar surface area (TPSA) is 35.9 Å². The number of aliphatic hydroxyl groups excluding tert-OH is 1. The molecule has 1 aliphatic heterocycles. The highest BCUT2D eigenvalue weighted by Crippen LogP contribution is 2.19. The molecule has 3 rings (SSSR count). The first kappa shape index (κ1) is 21.5. The third kappa shape index (κ3) is 6.42. The molecule has 1 heterocycles. The van der Waals surface area contributed by atoms with Gasteiger partial charge in [0.25, 0.3) is 0 Å². The Balaban J connectivity index is 0.00000261. The summed E-state index contributed by atoms with van der Waals surface area (Å²) in [5, 5.41) is 10.3. The molecule has 0 bridgehead atoms. The predicted octanol–water partition coefficient (Wildman–Crippen LogP) is 0.376. The Hall–Kier alpha value is -1.75. The summed E-state index contributed by atoms with van der Waals surface area (Å²) in [6, 6.07) is 18.7. The van der Waals surface area contributed by atoms with Crippen molar-refractivity contribution in [1.29, 1.82) is 0 Å². The van der Waals surface area contributed by atoms with Crippen molar-refractivity contribution in [3.8, 4) is 5.75 Å². The number of benzene rings is 2. The number of aliphatic hydroxyl groups is 1. The van der Waals surface area contributed by atoms with Gasteiger partial charge >= 0.3 is 0 Å². The van der Waals surface area contributed by atoms with Crippen LogP contribution in [0.1, 0.15) is 25.3 Å². The van der Waals surface area contributed by atoms with Crippen LogP contribution in [0.15, 0.2) is 54.6 Å².